The Hall–Kier alpha value is -1.26. The molecule has 1 aliphatic heterocycles. The third-order valence-electron chi connectivity index (χ3n) is 3.73. The van der Waals surface area contributed by atoms with E-state index in [1.807, 2.05) is 36.2 Å². The van der Waals surface area contributed by atoms with Gasteiger partial charge in [-0.15, -0.1) is 12.4 Å². The minimum absolute atomic E-state index is 0. The van der Waals surface area contributed by atoms with E-state index in [2.05, 4.69) is 5.32 Å². The molecule has 2 rings (SSSR count). The van der Waals surface area contributed by atoms with Crippen LogP contribution in [0.1, 0.15) is 23.2 Å². The van der Waals surface area contributed by atoms with Crippen LogP contribution in [-0.2, 0) is 0 Å². The Bertz CT molecular complexity index is 432. The first-order valence-electron chi connectivity index (χ1n) is 6.83. The summed E-state index contributed by atoms with van der Waals surface area (Å²) in [5.74, 6) is 1.43. The molecule has 1 aliphatic rings. The molecule has 1 saturated heterocycles. The first kappa shape index (κ1) is 16.8. The number of rotatable bonds is 4. The van der Waals surface area contributed by atoms with Crippen LogP contribution in [0.4, 0.5) is 0 Å². The summed E-state index contributed by atoms with van der Waals surface area (Å²) in [5, 5.41) is 3.21. The molecule has 112 valence electrons. The zero-order valence-corrected chi connectivity index (χ0v) is 12.9. The van der Waals surface area contributed by atoms with Crippen LogP contribution in [0, 0.1) is 5.92 Å². The van der Waals surface area contributed by atoms with Crippen molar-refractivity contribution >= 4 is 18.3 Å². The number of benzene rings is 1. The molecule has 0 atom stereocenters. The summed E-state index contributed by atoms with van der Waals surface area (Å²) in [6, 6.07) is 7.43. The summed E-state index contributed by atoms with van der Waals surface area (Å²) in [7, 11) is 3.58. The first-order valence-corrected chi connectivity index (χ1v) is 6.83. The number of amides is 1. The molecule has 1 heterocycles. The van der Waals surface area contributed by atoms with Crippen LogP contribution >= 0.6 is 12.4 Å². The van der Waals surface area contributed by atoms with Crippen LogP contribution in [0.2, 0.25) is 0 Å². The molecule has 1 aromatic rings. The molecule has 0 unspecified atom stereocenters. The number of nitrogens with one attached hydrogen (secondary N) is 1. The lowest BCUT2D eigenvalue weighted by atomic mass is 9.96. The Kier molecular flexibility index (Phi) is 6.82. The third kappa shape index (κ3) is 3.87. The summed E-state index contributed by atoms with van der Waals surface area (Å²) in [6.07, 6.45) is 2.14. The monoisotopic (exact) mass is 298 g/mol. The van der Waals surface area contributed by atoms with Gasteiger partial charge in [0.1, 0.15) is 5.75 Å². The fourth-order valence-electron chi connectivity index (χ4n) is 2.62. The summed E-state index contributed by atoms with van der Waals surface area (Å²) >= 11 is 0. The van der Waals surface area contributed by atoms with Gasteiger partial charge in [0.2, 0.25) is 0 Å². The molecular weight excluding hydrogens is 276 g/mol. The van der Waals surface area contributed by atoms with Crippen molar-refractivity contribution in [3.05, 3.63) is 29.8 Å². The van der Waals surface area contributed by atoms with Crippen molar-refractivity contribution in [1.29, 1.82) is 0 Å². The van der Waals surface area contributed by atoms with Gasteiger partial charge in [-0.3, -0.25) is 4.79 Å². The Balaban J connectivity index is 0.00000200. The van der Waals surface area contributed by atoms with Gasteiger partial charge < -0.3 is 15.0 Å². The molecule has 0 bridgehead atoms. The molecule has 1 fully saturated rings. The minimum Gasteiger partial charge on any atom is -0.496 e. The van der Waals surface area contributed by atoms with E-state index >= 15 is 0 Å². The van der Waals surface area contributed by atoms with E-state index in [-0.39, 0.29) is 18.3 Å². The number of methoxy groups -OCH3 is 1. The van der Waals surface area contributed by atoms with Crippen LogP contribution in [-0.4, -0.2) is 44.6 Å². The number of ether oxygens (including phenoxy) is 1. The number of hydrogen-bond donors (Lipinski definition) is 1. The van der Waals surface area contributed by atoms with Crippen LogP contribution < -0.4 is 10.1 Å². The largest absolute Gasteiger partial charge is 0.496 e. The smallest absolute Gasteiger partial charge is 0.257 e. The quantitative estimate of drug-likeness (QED) is 0.926. The molecule has 4 nitrogen and oxygen atoms in total. The van der Waals surface area contributed by atoms with Crippen molar-refractivity contribution in [2.75, 3.05) is 33.8 Å². The predicted molar refractivity (Wildman–Crippen MR) is 82.8 cm³/mol. The number of nitrogens with zero attached hydrogens (tertiary/aromatic N) is 1. The fourth-order valence-corrected chi connectivity index (χ4v) is 2.62. The Morgan fingerprint density at radius 1 is 1.35 bits per heavy atom. The van der Waals surface area contributed by atoms with Crippen LogP contribution in [0.3, 0.4) is 0 Å². The van der Waals surface area contributed by atoms with E-state index in [1.165, 1.54) is 0 Å². The number of halogens is 1. The van der Waals surface area contributed by atoms with Gasteiger partial charge in [-0.05, 0) is 44.5 Å². The van der Waals surface area contributed by atoms with Crippen molar-refractivity contribution in [2.45, 2.75) is 12.8 Å². The van der Waals surface area contributed by atoms with Gasteiger partial charge in [0.15, 0.2) is 0 Å². The molecule has 0 saturated carbocycles. The topological polar surface area (TPSA) is 41.6 Å². The van der Waals surface area contributed by atoms with E-state index in [0.29, 0.717) is 17.2 Å². The van der Waals surface area contributed by atoms with Crippen LogP contribution in [0.25, 0.3) is 0 Å². The van der Waals surface area contributed by atoms with Crippen molar-refractivity contribution in [1.82, 2.24) is 10.2 Å². The van der Waals surface area contributed by atoms with Crippen LogP contribution in [0.5, 0.6) is 5.75 Å². The van der Waals surface area contributed by atoms with Crippen molar-refractivity contribution < 1.29 is 9.53 Å². The van der Waals surface area contributed by atoms with Crippen LogP contribution in [0.15, 0.2) is 24.3 Å². The highest BCUT2D eigenvalue weighted by molar-refractivity contribution is 5.97. The van der Waals surface area contributed by atoms with Gasteiger partial charge in [-0.2, -0.15) is 0 Å². The van der Waals surface area contributed by atoms with Gasteiger partial charge in [0.25, 0.3) is 5.91 Å². The second-order valence-corrected chi connectivity index (χ2v) is 4.99. The SMILES string of the molecule is CNCC1CCN(C(=O)c2ccccc2OC)CC1.Cl. The number of carbonyl (C=O) groups is 1. The molecule has 5 heteroatoms. The van der Waals surface area contributed by atoms with Gasteiger partial charge in [-0.1, -0.05) is 12.1 Å². The van der Waals surface area contributed by atoms with E-state index in [9.17, 15) is 4.79 Å². The first-order chi connectivity index (χ1) is 9.26. The lowest BCUT2D eigenvalue weighted by molar-refractivity contribution is 0.0687. The minimum atomic E-state index is 0. The second kappa shape index (κ2) is 8.12. The Labute approximate surface area is 126 Å². The molecule has 1 aromatic carbocycles. The van der Waals surface area contributed by atoms with E-state index in [1.54, 1.807) is 7.11 Å². The Morgan fingerprint density at radius 3 is 2.60 bits per heavy atom. The molecule has 1 N–H and O–H groups in total. The maximum absolute atomic E-state index is 12.5. The van der Waals surface area contributed by atoms with Crippen molar-refractivity contribution in [2.24, 2.45) is 5.92 Å². The van der Waals surface area contributed by atoms with Gasteiger partial charge in [0, 0.05) is 13.1 Å². The highest BCUT2D eigenvalue weighted by Crippen LogP contribution is 2.23. The lowest BCUT2D eigenvalue weighted by Gasteiger charge is -2.32. The summed E-state index contributed by atoms with van der Waals surface area (Å²) < 4.78 is 5.26. The van der Waals surface area contributed by atoms with E-state index in [0.717, 1.165) is 32.5 Å². The number of para-hydroxylation sites is 1. The van der Waals surface area contributed by atoms with E-state index in [4.69, 9.17) is 4.74 Å². The normalized spacial score (nSPS) is 15.6. The average Bonchev–Trinajstić information content (AvgIpc) is 2.47. The maximum Gasteiger partial charge on any atom is 0.257 e. The fraction of sp³-hybridized carbons (Fsp3) is 0.533. The molecule has 0 spiro atoms. The predicted octanol–water partition coefficient (Wildman–Crippen LogP) is 2.19. The summed E-state index contributed by atoms with van der Waals surface area (Å²) in [5.41, 5.74) is 0.664. The van der Waals surface area contributed by atoms with Crippen molar-refractivity contribution in [3.8, 4) is 5.75 Å². The molecule has 0 aliphatic carbocycles. The zero-order valence-electron chi connectivity index (χ0n) is 12.1. The second-order valence-electron chi connectivity index (χ2n) is 4.99. The molecular formula is C15H23ClN2O2. The summed E-state index contributed by atoms with van der Waals surface area (Å²) in [6.45, 7) is 2.71. The number of likely N-dealkylation sites (tertiary alicyclic amines) is 1. The molecule has 1 amide bonds. The average molecular weight is 299 g/mol. The van der Waals surface area contributed by atoms with Gasteiger partial charge >= 0.3 is 0 Å². The molecule has 20 heavy (non-hydrogen) atoms. The van der Waals surface area contributed by atoms with Crippen molar-refractivity contribution in [3.63, 3.8) is 0 Å². The Morgan fingerprint density at radius 2 is 2.00 bits per heavy atom. The molecule has 0 aromatic heterocycles. The highest BCUT2D eigenvalue weighted by atomic mass is 35.5. The lowest BCUT2D eigenvalue weighted by Crippen LogP contribution is -2.40. The van der Waals surface area contributed by atoms with E-state index < -0.39 is 0 Å². The van der Waals surface area contributed by atoms with Gasteiger partial charge in [-0.25, -0.2) is 0 Å². The molecule has 0 radical (unpaired) electrons. The third-order valence-corrected chi connectivity index (χ3v) is 3.73. The highest BCUT2D eigenvalue weighted by Gasteiger charge is 2.24. The summed E-state index contributed by atoms with van der Waals surface area (Å²) in [4.78, 5) is 14.4. The number of piperidine rings is 1. The number of carbonyl (C=O) groups excluding carboxylic acids is 1. The standard InChI is InChI=1S/C15H22N2O2.ClH/c1-16-11-12-7-9-17(10-8-12)15(18)13-5-3-4-6-14(13)19-2;/h3-6,12,16H,7-11H2,1-2H3;1H. The number of hydrogen-bond acceptors (Lipinski definition) is 3. The zero-order chi connectivity index (χ0) is 13.7. The van der Waals surface area contributed by atoms with Gasteiger partial charge in [0.05, 0.1) is 12.7 Å². The maximum atomic E-state index is 12.5.